The van der Waals surface area contributed by atoms with Crippen molar-refractivity contribution in [2.24, 2.45) is 7.05 Å². The first kappa shape index (κ1) is 20.1. The van der Waals surface area contributed by atoms with Gasteiger partial charge in [-0.15, -0.1) is 0 Å². The maximum absolute atomic E-state index is 12.8. The molecule has 0 fully saturated rings. The molecule has 0 bridgehead atoms. The summed E-state index contributed by atoms with van der Waals surface area (Å²) < 4.78 is 26.8. The van der Waals surface area contributed by atoms with E-state index in [1.54, 1.807) is 18.2 Å². The van der Waals surface area contributed by atoms with E-state index in [1.165, 1.54) is 37.4 Å². The number of hydrogen-bond acceptors (Lipinski definition) is 6. The Labute approximate surface area is 164 Å². The lowest BCUT2D eigenvalue weighted by Crippen LogP contribution is -2.35. The highest BCUT2D eigenvalue weighted by Crippen LogP contribution is 2.30. The Morgan fingerprint density at radius 1 is 1.07 bits per heavy atom. The fraction of sp³-hybridized carbons (Fsp3) is 0.105. The van der Waals surface area contributed by atoms with Crippen LogP contribution in [0.1, 0.15) is 10.4 Å². The second kappa shape index (κ2) is 7.40. The second-order valence-electron chi connectivity index (χ2n) is 6.16. The van der Waals surface area contributed by atoms with Crippen LogP contribution in [0.15, 0.2) is 63.1 Å². The van der Waals surface area contributed by atoms with E-state index in [4.69, 9.17) is 5.11 Å². The second-order valence-corrected chi connectivity index (χ2v) is 8.11. The Balaban J connectivity index is 2.22. The Morgan fingerprint density at radius 3 is 2.34 bits per heavy atom. The molecule has 1 aromatic heterocycles. The molecule has 0 aliphatic carbocycles. The lowest BCUT2D eigenvalue weighted by Gasteiger charge is -2.13. The zero-order valence-electron chi connectivity index (χ0n) is 15.1. The highest BCUT2D eigenvalue weighted by atomic mass is 32.2. The number of sulfone groups is 1. The van der Waals surface area contributed by atoms with Crippen molar-refractivity contribution in [2.45, 2.75) is 9.79 Å². The van der Waals surface area contributed by atoms with Gasteiger partial charge in [0.25, 0.3) is 11.5 Å². The lowest BCUT2D eigenvalue weighted by molar-refractivity contribution is -0.135. The number of aromatic nitrogens is 1. The molecule has 0 atom stereocenters. The predicted octanol–water partition coefficient (Wildman–Crippen LogP) is 0.891. The molecule has 3 rings (SSSR count). The number of carboxylic acid groups (broad SMARTS) is 1. The van der Waals surface area contributed by atoms with Gasteiger partial charge in [0, 0.05) is 12.4 Å². The van der Waals surface area contributed by atoms with Crippen LogP contribution in [0.2, 0.25) is 0 Å². The molecule has 1 heterocycles. The molecule has 3 N–H and O–H groups in total. The van der Waals surface area contributed by atoms with Gasteiger partial charge < -0.3 is 20.1 Å². The summed E-state index contributed by atoms with van der Waals surface area (Å²) in [6.45, 7) is -0.748. The van der Waals surface area contributed by atoms with E-state index in [-0.39, 0.29) is 20.7 Å². The number of aryl methyl sites for hydroxylation is 1. The van der Waals surface area contributed by atoms with Crippen LogP contribution in [0.4, 0.5) is 0 Å². The summed E-state index contributed by atoms with van der Waals surface area (Å²) in [4.78, 5) is 35.2. The van der Waals surface area contributed by atoms with Crippen LogP contribution >= 0.6 is 0 Å². The largest absolute Gasteiger partial charge is 0.506 e. The van der Waals surface area contributed by atoms with Gasteiger partial charge in [-0.3, -0.25) is 14.4 Å². The number of fused-ring (bicyclic) bond motifs is 1. The van der Waals surface area contributed by atoms with Crippen molar-refractivity contribution >= 4 is 32.6 Å². The molecule has 0 aliphatic rings. The minimum atomic E-state index is -3.90. The molecule has 3 aromatic rings. The summed E-state index contributed by atoms with van der Waals surface area (Å²) in [5, 5.41) is 21.2. The first-order valence-electron chi connectivity index (χ1n) is 8.30. The number of aliphatic carboxylic acids is 1. The fourth-order valence-corrected chi connectivity index (χ4v) is 4.17. The maximum atomic E-state index is 12.8. The van der Waals surface area contributed by atoms with Crippen molar-refractivity contribution in [3.63, 3.8) is 0 Å². The van der Waals surface area contributed by atoms with Crippen LogP contribution < -0.4 is 10.9 Å². The summed E-state index contributed by atoms with van der Waals surface area (Å²) >= 11 is 0. The van der Waals surface area contributed by atoms with E-state index in [0.717, 1.165) is 4.57 Å². The molecular formula is C19H16N2O7S. The van der Waals surface area contributed by atoms with E-state index < -0.39 is 45.1 Å². The average Bonchev–Trinajstić information content (AvgIpc) is 2.71. The average molecular weight is 416 g/mol. The summed E-state index contributed by atoms with van der Waals surface area (Å²) in [5.74, 6) is -3.13. The Bertz CT molecular complexity index is 1300. The standard InChI is InChI=1S/C19H16N2O7S/c1-21-14-8-7-12(29(27,28)11-5-3-2-4-6-11)9-13(14)17(24)16(19(21)26)18(25)20-10-15(22)23/h2-9,24H,10H2,1H3,(H,20,25)(H,22,23). The van der Waals surface area contributed by atoms with Crippen LogP contribution in [0.3, 0.4) is 0 Å². The van der Waals surface area contributed by atoms with Gasteiger partial charge in [0.1, 0.15) is 17.9 Å². The number of nitrogens with one attached hydrogen (secondary N) is 1. The first-order chi connectivity index (χ1) is 13.6. The van der Waals surface area contributed by atoms with Crippen molar-refractivity contribution in [3.8, 4) is 5.75 Å². The molecule has 150 valence electrons. The van der Waals surface area contributed by atoms with Crippen LogP contribution in [0.25, 0.3) is 10.9 Å². The molecule has 0 radical (unpaired) electrons. The molecule has 2 aromatic carbocycles. The van der Waals surface area contributed by atoms with Gasteiger partial charge in [-0.05, 0) is 30.3 Å². The first-order valence-corrected chi connectivity index (χ1v) is 9.78. The topological polar surface area (TPSA) is 143 Å². The van der Waals surface area contributed by atoms with Gasteiger partial charge in [0.15, 0.2) is 0 Å². The Kier molecular flexibility index (Phi) is 5.12. The van der Waals surface area contributed by atoms with Crippen LogP contribution in [-0.2, 0) is 21.7 Å². The van der Waals surface area contributed by atoms with Crippen molar-refractivity contribution in [1.82, 2.24) is 9.88 Å². The van der Waals surface area contributed by atoms with E-state index in [1.807, 2.05) is 5.32 Å². The molecule has 0 unspecified atom stereocenters. The zero-order valence-corrected chi connectivity index (χ0v) is 15.9. The molecule has 10 heteroatoms. The summed E-state index contributed by atoms with van der Waals surface area (Å²) in [5.41, 5.74) is -1.32. The lowest BCUT2D eigenvalue weighted by atomic mass is 10.1. The van der Waals surface area contributed by atoms with Crippen molar-refractivity contribution in [1.29, 1.82) is 0 Å². The number of rotatable bonds is 5. The number of carboxylic acids is 1. The molecule has 9 nitrogen and oxygen atoms in total. The fourth-order valence-electron chi connectivity index (χ4n) is 2.86. The quantitative estimate of drug-likeness (QED) is 0.560. The van der Waals surface area contributed by atoms with Gasteiger partial charge in [0.2, 0.25) is 9.84 Å². The molecule has 1 amide bonds. The molecule has 0 spiro atoms. The minimum Gasteiger partial charge on any atom is -0.506 e. The van der Waals surface area contributed by atoms with Gasteiger partial charge in [0.05, 0.1) is 15.3 Å². The van der Waals surface area contributed by atoms with Crippen LogP contribution in [-0.4, -0.2) is 41.6 Å². The van der Waals surface area contributed by atoms with Gasteiger partial charge in [-0.2, -0.15) is 0 Å². The zero-order chi connectivity index (χ0) is 21.3. The smallest absolute Gasteiger partial charge is 0.322 e. The summed E-state index contributed by atoms with van der Waals surface area (Å²) in [6.07, 6.45) is 0. The highest BCUT2D eigenvalue weighted by Gasteiger charge is 2.24. The Morgan fingerprint density at radius 2 is 1.72 bits per heavy atom. The van der Waals surface area contributed by atoms with E-state index in [9.17, 15) is 27.9 Å². The van der Waals surface area contributed by atoms with Crippen LogP contribution in [0.5, 0.6) is 5.75 Å². The number of carbonyl (C=O) groups is 2. The van der Waals surface area contributed by atoms with Gasteiger partial charge in [-0.25, -0.2) is 8.42 Å². The number of nitrogens with zero attached hydrogens (tertiary/aromatic N) is 1. The molecular weight excluding hydrogens is 400 g/mol. The Hall–Kier alpha value is -3.66. The molecule has 0 aliphatic heterocycles. The molecule has 0 saturated heterocycles. The molecule has 0 saturated carbocycles. The molecule has 29 heavy (non-hydrogen) atoms. The number of pyridine rings is 1. The number of benzene rings is 2. The van der Waals surface area contributed by atoms with Crippen molar-refractivity contribution in [2.75, 3.05) is 6.54 Å². The predicted molar refractivity (Wildman–Crippen MR) is 103 cm³/mol. The monoisotopic (exact) mass is 416 g/mol. The number of aromatic hydroxyl groups is 1. The normalized spacial score (nSPS) is 11.3. The number of hydrogen-bond donors (Lipinski definition) is 3. The van der Waals surface area contributed by atoms with E-state index >= 15 is 0 Å². The third kappa shape index (κ3) is 3.57. The van der Waals surface area contributed by atoms with Crippen LogP contribution in [0, 0.1) is 0 Å². The highest BCUT2D eigenvalue weighted by molar-refractivity contribution is 7.91. The maximum Gasteiger partial charge on any atom is 0.322 e. The summed E-state index contributed by atoms with van der Waals surface area (Å²) in [7, 11) is -2.55. The van der Waals surface area contributed by atoms with Gasteiger partial charge in [-0.1, -0.05) is 18.2 Å². The third-order valence-electron chi connectivity index (χ3n) is 4.33. The van der Waals surface area contributed by atoms with Gasteiger partial charge >= 0.3 is 5.97 Å². The van der Waals surface area contributed by atoms with Crippen molar-refractivity contribution < 1.29 is 28.2 Å². The SMILES string of the molecule is Cn1c(=O)c(C(=O)NCC(=O)O)c(O)c2cc(S(=O)(=O)c3ccccc3)ccc21. The summed E-state index contributed by atoms with van der Waals surface area (Å²) in [6, 6.07) is 11.5. The minimum absolute atomic E-state index is 0.0374. The van der Waals surface area contributed by atoms with E-state index in [2.05, 4.69) is 0 Å². The number of amides is 1. The number of carbonyl (C=O) groups excluding carboxylic acids is 1. The van der Waals surface area contributed by atoms with E-state index in [0.29, 0.717) is 0 Å². The third-order valence-corrected chi connectivity index (χ3v) is 6.10. The van der Waals surface area contributed by atoms with Crippen molar-refractivity contribution in [3.05, 3.63) is 64.4 Å².